The fraction of sp³-hybridized carbons (Fsp3) is 0.357. The van der Waals surface area contributed by atoms with E-state index in [-0.39, 0.29) is 5.82 Å². The first-order valence-electron chi connectivity index (χ1n) is 6.74. The van der Waals surface area contributed by atoms with Crippen LogP contribution in [-0.4, -0.2) is 45.7 Å². The highest BCUT2D eigenvalue weighted by atomic mass is 19.1. The molecule has 2 aromatic rings. The van der Waals surface area contributed by atoms with Crippen molar-refractivity contribution in [2.45, 2.75) is 13.0 Å². The molecule has 0 fully saturated rings. The van der Waals surface area contributed by atoms with E-state index in [1.54, 1.807) is 13.2 Å². The largest absolute Gasteiger partial charge is 0.496 e. The molecule has 6 nitrogen and oxygen atoms in total. The van der Waals surface area contributed by atoms with Gasteiger partial charge in [-0.1, -0.05) is 6.08 Å². The van der Waals surface area contributed by atoms with Gasteiger partial charge in [-0.15, -0.1) is 10.2 Å². The zero-order valence-corrected chi connectivity index (χ0v) is 11.7. The molecule has 1 N–H and O–H groups in total. The summed E-state index contributed by atoms with van der Waals surface area (Å²) in [5.74, 6) is 1.06. The molecule has 1 aliphatic heterocycles. The third kappa shape index (κ3) is 3.08. The first-order chi connectivity index (χ1) is 10.3. The third-order valence-electron chi connectivity index (χ3n) is 3.50. The minimum absolute atomic E-state index is 0.253. The Morgan fingerprint density at radius 3 is 3.10 bits per heavy atom. The number of hydrogen-bond donors (Lipinski definition) is 1. The average Bonchev–Trinajstić information content (AvgIpc) is 3.02. The second-order valence-electron chi connectivity index (χ2n) is 4.92. The highest BCUT2D eigenvalue weighted by Crippen LogP contribution is 2.24. The number of ether oxygens (including phenoxy) is 1. The number of tetrazole rings is 1. The van der Waals surface area contributed by atoms with Gasteiger partial charge in [0.25, 0.3) is 0 Å². The lowest BCUT2D eigenvalue weighted by Crippen LogP contribution is -2.29. The van der Waals surface area contributed by atoms with Crippen LogP contribution in [0.5, 0.6) is 5.75 Å². The van der Waals surface area contributed by atoms with Crippen molar-refractivity contribution in [3.8, 4) is 5.75 Å². The number of methoxy groups -OCH3 is 1. The molecule has 1 aromatic carbocycles. The highest BCUT2D eigenvalue weighted by molar-refractivity contribution is 5.61. The summed E-state index contributed by atoms with van der Waals surface area (Å²) in [4.78, 5) is 2.21. The summed E-state index contributed by atoms with van der Waals surface area (Å²) >= 11 is 0. The van der Waals surface area contributed by atoms with E-state index in [1.807, 2.05) is 0 Å². The molecule has 0 spiro atoms. The van der Waals surface area contributed by atoms with Crippen LogP contribution in [0.1, 0.15) is 17.8 Å². The maximum Gasteiger partial charge on any atom is 0.201 e. The quantitative estimate of drug-likeness (QED) is 0.926. The second-order valence-corrected chi connectivity index (χ2v) is 4.92. The molecule has 0 radical (unpaired) electrons. The maximum absolute atomic E-state index is 13.4. The normalized spacial score (nSPS) is 15.8. The van der Waals surface area contributed by atoms with Gasteiger partial charge in [0.1, 0.15) is 11.6 Å². The summed E-state index contributed by atoms with van der Waals surface area (Å²) in [6.07, 6.45) is 3.02. The molecular formula is C14H16FN5O. The Morgan fingerprint density at radius 1 is 1.43 bits per heavy atom. The summed E-state index contributed by atoms with van der Waals surface area (Å²) in [5, 5.41) is 14.0. The predicted molar refractivity (Wildman–Crippen MR) is 75.0 cm³/mol. The number of nitrogens with one attached hydrogen (secondary N) is 1. The SMILES string of the molecule is COc1ccc(F)cc1CN1CCC=C(c2nn[nH]n2)C1. The molecule has 0 amide bonds. The number of hydrogen-bond acceptors (Lipinski definition) is 5. The first-order valence-corrected chi connectivity index (χ1v) is 6.74. The van der Waals surface area contributed by atoms with Crippen molar-refractivity contribution in [2.24, 2.45) is 0 Å². The fourth-order valence-electron chi connectivity index (χ4n) is 2.51. The smallest absolute Gasteiger partial charge is 0.201 e. The van der Waals surface area contributed by atoms with E-state index in [0.29, 0.717) is 24.7 Å². The Hall–Kier alpha value is -2.28. The number of aromatic amines is 1. The fourth-order valence-corrected chi connectivity index (χ4v) is 2.51. The Bertz CT molecular complexity index is 641. The lowest BCUT2D eigenvalue weighted by Gasteiger charge is -2.26. The molecule has 0 saturated heterocycles. The van der Waals surface area contributed by atoms with E-state index in [9.17, 15) is 4.39 Å². The lowest BCUT2D eigenvalue weighted by atomic mass is 10.1. The number of H-pyrrole nitrogens is 1. The third-order valence-corrected chi connectivity index (χ3v) is 3.50. The molecule has 0 aliphatic carbocycles. The van der Waals surface area contributed by atoms with Gasteiger partial charge in [0, 0.05) is 30.8 Å². The van der Waals surface area contributed by atoms with Gasteiger partial charge in [0.2, 0.25) is 5.82 Å². The summed E-state index contributed by atoms with van der Waals surface area (Å²) in [6.45, 7) is 2.23. The van der Waals surface area contributed by atoms with E-state index < -0.39 is 0 Å². The van der Waals surface area contributed by atoms with Gasteiger partial charge in [-0.2, -0.15) is 5.21 Å². The first kappa shape index (κ1) is 13.7. The van der Waals surface area contributed by atoms with Crippen molar-refractivity contribution >= 4 is 5.57 Å². The van der Waals surface area contributed by atoms with Crippen LogP contribution in [0.3, 0.4) is 0 Å². The monoisotopic (exact) mass is 289 g/mol. The molecule has 3 rings (SSSR count). The molecule has 0 bridgehead atoms. The molecule has 110 valence electrons. The number of aromatic nitrogens is 4. The molecule has 0 saturated carbocycles. The zero-order chi connectivity index (χ0) is 14.7. The number of rotatable bonds is 4. The van der Waals surface area contributed by atoms with Crippen LogP contribution >= 0.6 is 0 Å². The molecule has 2 heterocycles. The molecule has 1 aliphatic rings. The van der Waals surface area contributed by atoms with Crippen LogP contribution in [0.2, 0.25) is 0 Å². The topological polar surface area (TPSA) is 66.9 Å². The number of benzene rings is 1. The minimum Gasteiger partial charge on any atom is -0.496 e. The number of nitrogens with zero attached hydrogens (tertiary/aromatic N) is 4. The molecule has 0 atom stereocenters. The standard InChI is InChI=1S/C14H16FN5O/c1-21-13-5-4-12(15)7-11(13)9-20-6-2-3-10(8-20)14-16-18-19-17-14/h3-5,7H,2,6,8-9H2,1H3,(H,16,17,18,19). The van der Waals surface area contributed by atoms with Gasteiger partial charge in [-0.05, 0) is 29.8 Å². The lowest BCUT2D eigenvalue weighted by molar-refractivity contribution is 0.289. The van der Waals surface area contributed by atoms with Crippen molar-refractivity contribution in [3.63, 3.8) is 0 Å². The Kier molecular flexibility index (Phi) is 3.92. The zero-order valence-electron chi connectivity index (χ0n) is 11.7. The van der Waals surface area contributed by atoms with E-state index >= 15 is 0 Å². The van der Waals surface area contributed by atoms with Crippen LogP contribution in [-0.2, 0) is 6.54 Å². The molecule has 7 heteroatoms. The van der Waals surface area contributed by atoms with Crippen LogP contribution in [0.15, 0.2) is 24.3 Å². The van der Waals surface area contributed by atoms with E-state index in [2.05, 4.69) is 31.6 Å². The highest BCUT2D eigenvalue weighted by Gasteiger charge is 2.18. The predicted octanol–water partition coefficient (Wildman–Crippen LogP) is 1.64. The Balaban J connectivity index is 1.74. The van der Waals surface area contributed by atoms with E-state index in [1.165, 1.54) is 12.1 Å². The molecule has 1 aromatic heterocycles. The van der Waals surface area contributed by atoms with Crippen LogP contribution in [0.25, 0.3) is 5.57 Å². The molecule has 0 unspecified atom stereocenters. The summed E-state index contributed by atoms with van der Waals surface area (Å²) in [7, 11) is 1.59. The van der Waals surface area contributed by atoms with Crippen molar-refractivity contribution in [3.05, 3.63) is 41.5 Å². The van der Waals surface area contributed by atoms with E-state index in [4.69, 9.17) is 4.74 Å². The second kappa shape index (κ2) is 6.01. The van der Waals surface area contributed by atoms with Crippen LogP contribution < -0.4 is 4.74 Å². The van der Waals surface area contributed by atoms with Gasteiger partial charge in [0.15, 0.2) is 0 Å². The summed E-state index contributed by atoms with van der Waals surface area (Å²) < 4.78 is 18.7. The number of halogens is 1. The van der Waals surface area contributed by atoms with Gasteiger partial charge < -0.3 is 4.74 Å². The van der Waals surface area contributed by atoms with Crippen molar-refractivity contribution in [1.82, 2.24) is 25.5 Å². The van der Waals surface area contributed by atoms with Crippen LogP contribution in [0.4, 0.5) is 4.39 Å². The summed E-state index contributed by atoms with van der Waals surface area (Å²) in [5.41, 5.74) is 1.87. The summed E-state index contributed by atoms with van der Waals surface area (Å²) in [6, 6.07) is 4.58. The van der Waals surface area contributed by atoms with Crippen molar-refractivity contribution in [2.75, 3.05) is 20.2 Å². The van der Waals surface area contributed by atoms with Crippen LogP contribution in [0, 0.1) is 5.82 Å². The van der Waals surface area contributed by atoms with Gasteiger partial charge in [0.05, 0.1) is 7.11 Å². The van der Waals surface area contributed by atoms with Crippen molar-refractivity contribution in [1.29, 1.82) is 0 Å². The van der Waals surface area contributed by atoms with Gasteiger partial charge in [-0.3, -0.25) is 4.90 Å². The Labute approximate surface area is 121 Å². The van der Waals surface area contributed by atoms with Gasteiger partial charge in [-0.25, -0.2) is 4.39 Å². The van der Waals surface area contributed by atoms with Crippen molar-refractivity contribution < 1.29 is 9.13 Å². The minimum atomic E-state index is -0.253. The molecule has 21 heavy (non-hydrogen) atoms. The van der Waals surface area contributed by atoms with E-state index in [0.717, 1.165) is 24.1 Å². The average molecular weight is 289 g/mol. The molecular weight excluding hydrogens is 273 g/mol. The Morgan fingerprint density at radius 2 is 2.33 bits per heavy atom. The van der Waals surface area contributed by atoms with Gasteiger partial charge >= 0.3 is 0 Å². The maximum atomic E-state index is 13.4.